The van der Waals surface area contributed by atoms with Gasteiger partial charge in [-0.15, -0.1) is 6.58 Å². The molecule has 17 heavy (non-hydrogen) atoms. The van der Waals surface area contributed by atoms with Crippen molar-refractivity contribution in [2.45, 2.75) is 26.7 Å². The Morgan fingerprint density at radius 2 is 1.71 bits per heavy atom. The number of imide groups is 2. The van der Waals surface area contributed by atoms with E-state index in [2.05, 4.69) is 17.2 Å². The Kier molecular flexibility index (Phi) is 6.09. The Morgan fingerprint density at radius 3 is 2.06 bits per heavy atom. The minimum absolute atomic E-state index is 0. The first-order valence-electron chi connectivity index (χ1n) is 5.20. The zero-order valence-corrected chi connectivity index (χ0v) is 12.5. The summed E-state index contributed by atoms with van der Waals surface area (Å²) in [5, 5.41) is 4.27. The summed E-state index contributed by atoms with van der Waals surface area (Å²) in [5.74, 6) is -0.894. The van der Waals surface area contributed by atoms with Crippen LogP contribution in [0, 0.1) is 11.3 Å². The smallest absolute Gasteiger partial charge is 0.277 e. The molecule has 0 saturated carbocycles. The first-order chi connectivity index (χ1) is 7.42. The number of carbonyl (C=O) groups is 3. The van der Waals surface area contributed by atoms with E-state index in [1.807, 2.05) is 13.8 Å². The number of hydrogen-bond donors (Lipinski definition) is 2. The van der Waals surface area contributed by atoms with Gasteiger partial charge >= 0.3 is 6.03 Å². The van der Waals surface area contributed by atoms with Crippen molar-refractivity contribution >= 4 is 47.4 Å². The second-order valence-electron chi connectivity index (χ2n) is 4.41. The van der Waals surface area contributed by atoms with Gasteiger partial charge in [-0.2, -0.15) is 0 Å². The van der Waals surface area contributed by atoms with Crippen LogP contribution in [0.1, 0.15) is 26.7 Å². The number of hydrogen-bond acceptors (Lipinski definition) is 3. The minimum atomic E-state index is -1.19. The Hall–Kier alpha value is -0.650. The number of allylic oxidation sites excluding steroid dienone is 1. The number of urea groups is 1. The van der Waals surface area contributed by atoms with Gasteiger partial charge in [0.05, 0.1) is 0 Å². The fraction of sp³-hybridized carbons (Fsp3) is 0.545. The van der Waals surface area contributed by atoms with Crippen LogP contribution in [0.3, 0.4) is 0 Å². The molecule has 2 N–H and O–H groups in total. The van der Waals surface area contributed by atoms with Gasteiger partial charge in [0.25, 0.3) is 0 Å². The Balaban J connectivity index is 0.00000256. The van der Waals surface area contributed by atoms with Gasteiger partial charge in [-0.25, -0.2) is 4.79 Å². The zero-order valence-electron chi connectivity index (χ0n) is 10.5. The molecule has 0 atom stereocenters. The Bertz CT molecular complexity index is 333. The van der Waals surface area contributed by atoms with Crippen molar-refractivity contribution in [1.82, 2.24) is 10.6 Å². The predicted octanol–water partition coefficient (Wildman–Crippen LogP) is 0.580. The van der Waals surface area contributed by atoms with Crippen molar-refractivity contribution in [2.24, 2.45) is 11.3 Å². The molecule has 1 aliphatic heterocycles. The van der Waals surface area contributed by atoms with Gasteiger partial charge in [-0.1, -0.05) is 19.9 Å². The first-order valence-corrected chi connectivity index (χ1v) is 5.20. The summed E-state index contributed by atoms with van der Waals surface area (Å²) in [6.45, 7) is 7.39. The second-order valence-corrected chi connectivity index (χ2v) is 4.41. The molecule has 1 radical (unpaired) electrons. The van der Waals surface area contributed by atoms with Gasteiger partial charge in [-0.05, 0) is 18.8 Å². The van der Waals surface area contributed by atoms with E-state index in [9.17, 15) is 14.4 Å². The molecular formula is C11H16N2NaO3. The third-order valence-corrected chi connectivity index (χ3v) is 2.57. The maximum absolute atomic E-state index is 11.8. The van der Waals surface area contributed by atoms with Crippen LogP contribution >= 0.6 is 0 Å². The third kappa shape index (κ3) is 3.40. The molecule has 1 fully saturated rings. The van der Waals surface area contributed by atoms with Crippen LogP contribution in [0.15, 0.2) is 12.7 Å². The summed E-state index contributed by atoms with van der Waals surface area (Å²) in [6.07, 6.45) is 2.15. The number of amides is 4. The van der Waals surface area contributed by atoms with Crippen LogP contribution in [0.25, 0.3) is 0 Å². The van der Waals surface area contributed by atoms with Crippen LogP contribution in [-0.4, -0.2) is 47.4 Å². The standard InChI is InChI=1S/C11H16N2O3.Na/c1-4-5-11(6-7(2)3)8(14)12-10(16)13-9(11)15;/h4,7H,1,5-6H2,2-3H3,(H2,12,13,14,15,16);. The molecule has 1 rings (SSSR count). The van der Waals surface area contributed by atoms with Crippen molar-refractivity contribution in [2.75, 3.05) is 0 Å². The largest absolute Gasteiger partial charge is 0.328 e. The first kappa shape index (κ1) is 16.4. The van der Waals surface area contributed by atoms with E-state index in [0.717, 1.165) is 0 Å². The van der Waals surface area contributed by atoms with Gasteiger partial charge < -0.3 is 0 Å². The van der Waals surface area contributed by atoms with Gasteiger partial charge in [-0.3, -0.25) is 20.2 Å². The van der Waals surface area contributed by atoms with E-state index < -0.39 is 23.3 Å². The molecule has 0 bridgehead atoms. The van der Waals surface area contributed by atoms with Gasteiger partial charge in [0.1, 0.15) is 5.41 Å². The summed E-state index contributed by atoms with van der Waals surface area (Å²) >= 11 is 0. The van der Waals surface area contributed by atoms with Gasteiger partial charge in [0.15, 0.2) is 0 Å². The molecule has 0 unspecified atom stereocenters. The Labute approximate surface area is 123 Å². The molecule has 0 spiro atoms. The van der Waals surface area contributed by atoms with Crippen molar-refractivity contribution in [3.63, 3.8) is 0 Å². The van der Waals surface area contributed by atoms with E-state index in [1.165, 1.54) is 6.08 Å². The fourth-order valence-corrected chi connectivity index (χ4v) is 1.98. The van der Waals surface area contributed by atoms with Crippen LogP contribution < -0.4 is 10.6 Å². The van der Waals surface area contributed by atoms with Crippen molar-refractivity contribution in [1.29, 1.82) is 0 Å². The van der Waals surface area contributed by atoms with E-state index in [0.29, 0.717) is 6.42 Å². The number of nitrogens with one attached hydrogen (secondary N) is 2. The van der Waals surface area contributed by atoms with Crippen molar-refractivity contribution < 1.29 is 14.4 Å². The molecule has 0 aromatic rings. The molecule has 0 aromatic carbocycles. The van der Waals surface area contributed by atoms with Gasteiger partial charge in [0, 0.05) is 29.6 Å². The molecule has 5 nitrogen and oxygen atoms in total. The molecule has 1 heterocycles. The molecule has 1 saturated heterocycles. The number of barbiturate groups is 1. The molecule has 6 heteroatoms. The summed E-state index contributed by atoms with van der Waals surface area (Å²) in [5.41, 5.74) is -1.19. The van der Waals surface area contributed by atoms with Crippen LogP contribution in [0.4, 0.5) is 4.79 Å². The molecular weight excluding hydrogens is 231 g/mol. The van der Waals surface area contributed by atoms with E-state index in [-0.39, 0.29) is 41.9 Å². The summed E-state index contributed by atoms with van der Waals surface area (Å²) in [6, 6.07) is -0.751. The molecule has 1 aliphatic rings. The summed E-state index contributed by atoms with van der Waals surface area (Å²) in [7, 11) is 0. The number of rotatable bonds is 4. The summed E-state index contributed by atoms with van der Waals surface area (Å²) < 4.78 is 0. The molecule has 0 aliphatic carbocycles. The Morgan fingerprint density at radius 1 is 1.24 bits per heavy atom. The monoisotopic (exact) mass is 247 g/mol. The fourth-order valence-electron chi connectivity index (χ4n) is 1.98. The maximum Gasteiger partial charge on any atom is 0.328 e. The SMILES string of the molecule is C=CCC1(CC(C)C)C(=O)NC(=O)NC1=O.[Na]. The predicted molar refractivity (Wildman–Crippen MR) is 64.1 cm³/mol. The normalized spacial score (nSPS) is 18.2. The average Bonchev–Trinajstić information content (AvgIpc) is 2.13. The quantitative estimate of drug-likeness (QED) is 0.433. The van der Waals surface area contributed by atoms with E-state index in [1.54, 1.807) is 0 Å². The topological polar surface area (TPSA) is 75.3 Å². The van der Waals surface area contributed by atoms with Crippen molar-refractivity contribution in [3.8, 4) is 0 Å². The van der Waals surface area contributed by atoms with Crippen LogP contribution in [0.5, 0.6) is 0 Å². The van der Waals surface area contributed by atoms with E-state index >= 15 is 0 Å². The molecule has 89 valence electrons. The van der Waals surface area contributed by atoms with E-state index in [4.69, 9.17) is 0 Å². The van der Waals surface area contributed by atoms with Crippen LogP contribution in [-0.2, 0) is 9.59 Å². The van der Waals surface area contributed by atoms with Crippen LogP contribution in [0.2, 0.25) is 0 Å². The average molecular weight is 247 g/mol. The summed E-state index contributed by atoms with van der Waals surface area (Å²) in [4.78, 5) is 34.6. The second kappa shape index (κ2) is 6.33. The van der Waals surface area contributed by atoms with Gasteiger partial charge in [0.2, 0.25) is 11.8 Å². The maximum atomic E-state index is 11.8. The van der Waals surface area contributed by atoms with Crippen molar-refractivity contribution in [3.05, 3.63) is 12.7 Å². The zero-order chi connectivity index (χ0) is 12.3. The third-order valence-electron chi connectivity index (χ3n) is 2.57. The number of carbonyl (C=O) groups excluding carboxylic acids is 3. The molecule has 4 amide bonds. The molecule has 0 aromatic heterocycles. The minimum Gasteiger partial charge on any atom is -0.277 e.